The Morgan fingerprint density at radius 2 is 1.83 bits per heavy atom. The van der Waals surface area contributed by atoms with Gasteiger partial charge < -0.3 is 14.8 Å². The Morgan fingerprint density at radius 1 is 1.09 bits per heavy atom. The molecule has 2 aromatic carbocycles. The topological polar surface area (TPSA) is 47.6 Å². The lowest BCUT2D eigenvalue weighted by Gasteiger charge is -2.18. The lowest BCUT2D eigenvalue weighted by Crippen LogP contribution is -2.27. The van der Waals surface area contributed by atoms with Crippen molar-refractivity contribution in [2.75, 3.05) is 14.2 Å². The molecule has 0 spiro atoms. The summed E-state index contributed by atoms with van der Waals surface area (Å²) in [6.07, 6.45) is 0. The van der Waals surface area contributed by atoms with Gasteiger partial charge in [-0.1, -0.05) is 0 Å². The number of hydrogen-bond acceptors (Lipinski definition) is 3. The first-order chi connectivity index (χ1) is 11.0. The summed E-state index contributed by atoms with van der Waals surface area (Å²) in [5.41, 5.74) is 0.461. The van der Waals surface area contributed by atoms with Crippen LogP contribution in [0.4, 0.5) is 8.78 Å². The average molecular weight is 321 g/mol. The molecule has 0 fully saturated rings. The minimum atomic E-state index is -0.910. The Morgan fingerprint density at radius 3 is 2.43 bits per heavy atom. The lowest BCUT2D eigenvalue weighted by molar-refractivity contribution is 0.0935. The highest BCUT2D eigenvalue weighted by Gasteiger charge is 2.18. The summed E-state index contributed by atoms with van der Waals surface area (Å²) in [6.45, 7) is 1.73. The Hall–Kier alpha value is -2.63. The predicted molar refractivity (Wildman–Crippen MR) is 81.8 cm³/mol. The molecule has 0 aliphatic carbocycles. The number of ether oxygens (including phenoxy) is 2. The quantitative estimate of drug-likeness (QED) is 0.917. The fraction of sp³-hybridized carbons (Fsp3) is 0.235. The van der Waals surface area contributed by atoms with E-state index in [1.54, 1.807) is 25.1 Å². The molecule has 4 nitrogen and oxygen atoms in total. The maximum atomic E-state index is 13.7. The van der Waals surface area contributed by atoms with Gasteiger partial charge in [0.1, 0.15) is 23.1 Å². The molecule has 1 N–H and O–H groups in total. The van der Waals surface area contributed by atoms with E-state index in [9.17, 15) is 13.6 Å². The number of methoxy groups -OCH3 is 2. The minimum absolute atomic E-state index is 0.222. The van der Waals surface area contributed by atoms with Crippen LogP contribution in [0, 0.1) is 11.6 Å². The van der Waals surface area contributed by atoms with Gasteiger partial charge in [-0.3, -0.25) is 4.79 Å². The monoisotopic (exact) mass is 321 g/mol. The van der Waals surface area contributed by atoms with Gasteiger partial charge >= 0.3 is 0 Å². The van der Waals surface area contributed by atoms with Crippen molar-refractivity contribution in [3.63, 3.8) is 0 Å². The van der Waals surface area contributed by atoms with Crippen molar-refractivity contribution in [1.82, 2.24) is 5.32 Å². The Bertz CT molecular complexity index is 719. The summed E-state index contributed by atoms with van der Waals surface area (Å²) < 4.78 is 37.0. The summed E-state index contributed by atoms with van der Waals surface area (Å²) in [7, 11) is 3.04. The molecule has 0 heterocycles. The van der Waals surface area contributed by atoms with Crippen molar-refractivity contribution in [2.24, 2.45) is 0 Å². The summed E-state index contributed by atoms with van der Waals surface area (Å²) in [5.74, 6) is -1.11. The van der Waals surface area contributed by atoms with Crippen LogP contribution in [-0.2, 0) is 0 Å². The van der Waals surface area contributed by atoms with Gasteiger partial charge in [-0.05, 0) is 37.3 Å². The fourth-order valence-corrected chi connectivity index (χ4v) is 2.20. The molecular formula is C17H17F2NO3. The Labute approximate surface area is 133 Å². The van der Waals surface area contributed by atoms with Gasteiger partial charge in [0.25, 0.3) is 5.91 Å². The number of amides is 1. The van der Waals surface area contributed by atoms with Crippen LogP contribution in [-0.4, -0.2) is 20.1 Å². The number of hydrogen-bond donors (Lipinski definition) is 1. The summed E-state index contributed by atoms with van der Waals surface area (Å²) in [4.78, 5) is 12.2. The van der Waals surface area contributed by atoms with Gasteiger partial charge in [-0.2, -0.15) is 0 Å². The van der Waals surface area contributed by atoms with Crippen LogP contribution in [0.5, 0.6) is 11.5 Å². The van der Waals surface area contributed by atoms with E-state index in [0.717, 1.165) is 12.1 Å². The molecule has 0 aliphatic rings. The molecule has 0 bridgehead atoms. The molecule has 0 radical (unpaired) electrons. The first-order valence-corrected chi connectivity index (χ1v) is 6.94. The first kappa shape index (κ1) is 16.7. The second-order valence-corrected chi connectivity index (χ2v) is 4.93. The summed E-state index contributed by atoms with van der Waals surface area (Å²) >= 11 is 0. The standard InChI is InChI=1S/C17H17F2NO3/c1-10(14-9-12(22-2)5-7-16(14)23-3)20-17(21)13-6-4-11(18)8-15(13)19/h4-10H,1-3H3,(H,20,21)/t10-/m1/s1. The molecule has 0 unspecified atom stereocenters. The first-order valence-electron chi connectivity index (χ1n) is 6.94. The molecule has 0 saturated heterocycles. The van der Waals surface area contributed by atoms with Crippen LogP contribution in [0.2, 0.25) is 0 Å². The molecule has 23 heavy (non-hydrogen) atoms. The second kappa shape index (κ2) is 7.09. The van der Waals surface area contributed by atoms with Crippen molar-refractivity contribution in [2.45, 2.75) is 13.0 Å². The molecule has 122 valence electrons. The highest BCUT2D eigenvalue weighted by Crippen LogP contribution is 2.29. The van der Waals surface area contributed by atoms with Crippen molar-refractivity contribution < 1.29 is 23.0 Å². The summed E-state index contributed by atoms with van der Waals surface area (Å²) in [6, 6.07) is 7.53. The van der Waals surface area contributed by atoms with Crippen molar-refractivity contribution in [3.05, 3.63) is 59.2 Å². The van der Waals surface area contributed by atoms with Crippen molar-refractivity contribution >= 4 is 5.91 Å². The van der Waals surface area contributed by atoms with Crippen LogP contribution in [0.25, 0.3) is 0 Å². The number of carbonyl (C=O) groups excluding carboxylic acids is 1. The molecule has 0 aliphatic heterocycles. The van der Waals surface area contributed by atoms with Crippen LogP contribution in [0.3, 0.4) is 0 Å². The number of halogens is 2. The summed E-state index contributed by atoms with van der Waals surface area (Å²) in [5, 5.41) is 2.66. The molecule has 2 rings (SSSR count). The normalized spacial score (nSPS) is 11.7. The third-order valence-electron chi connectivity index (χ3n) is 3.43. The van der Waals surface area contributed by atoms with Crippen LogP contribution >= 0.6 is 0 Å². The Balaban J connectivity index is 2.24. The molecule has 0 saturated carbocycles. The van der Waals surface area contributed by atoms with Gasteiger partial charge in [0.2, 0.25) is 0 Å². The van der Waals surface area contributed by atoms with Crippen LogP contribution < -0.4 is 14.8 Å². The molecule has 1 amide bonds. The van der Waals surface area contributed by atoms with Gasteiger partial charge in [-0.15, -0.1) is 0 Å². The second-order valence-electron chi connectivity index (χ2n) is 4.93. The molecular weight excluding hydrogens is 304 g/mol. The average Bonchev–Trinajstić information content (AvgIpc) is 2.53. The zero-order valence-electron chi connectivity index (χ0n) is 13.0. The fourth-order valence-electron chi connectivity index (χ4n) is 2.20. The molecule has 0 aromatic heterocycles. The third kappa shape index (κ3) is 3.77. The van der Waals surface area contributed by atoms with E-state index in [-0.39, 0.29) is 5.56 Å². The lowest BCUT2D eigenvalue weighted by atomic mass is 10.1. The van der Waals surface area contributed by atoms with E-state index in [2.05, 4.69) is 5.32 Å². The molecule has 1 atom stereocenters. The van der Waals surface area contributed by atoms with E-state index < -0.39 is 23.6 Å². The van der Waals surface area contributed by atoms with Gasteiger partial charge in [0.15, 0.2) is 0 Å². The highest BCUT2D eigenvalue weighted by atomic mass is 19.1. The van der Waals surface area contributed by atoms with Gasteiger partial charge in [0.05, 0.1) is 25.8 Å². The smallest absolute Gasteiger partial charge is 0.254 e. The van der Waals surface area contributed by atoms with E-state index in [1.165, 1.54) is 14.2 Å². The zero-order chi connectivity index (χ0) is 17.0. The van der Waals surface area contributed by atoms with E-state index >= 15 is 0 Å². The van der Waals surface area contributed by atoms with E-state index in [0.29, 0.717) is 23.1 Å². The number of carbonyl (C=O) groups is 1. The predicted octanol–water partition coefficient (Wildman–Crippen LogP) is 3.47. The maximum absolute atomic E-state index is 13.7. The Kier molecular flexibility index (Phi) is 5.16. The number of rotatable bonds is 5. The maximum Gasteiger partial charge on any atom is 0.254 e. The van der Waals surface area contributed by atoms with Gasteiger partial charge in [0, 0.05) is 11.6 Å². The number of benzene rings is 2. The largest absolute Gasteiger partial charge is 0.497 e. The van der Waals surface area contributed by atoms with Gasteiger partial charge in [-0.25, -0.2) is 8.78 Å². The molecule has 6 heteroatoms. The zero-order valence-corrected chi connectivity index (χ0v) is 13.0. The highest BCUT2D eigenvalue weighted by molar-refractivity contribution is 5.94. The SMILES string of the molecule is COc1ccc(OC)c([C@@H](C)NC(=O)c2ccc(F)cc2F)c1. The third-order valence-corrected chi connectivity index (χ3v) is 3.43. The molecule has 2 aromatic rings. The van der Waals surface area contributed by atoms with Crippen LogP contribution in [0.1, 0.15) is 28.9 Å². The minimum Gasteiger partial charge on any atom is -0.497 e. The van der Waals surface area contributed by atoms with E-state index in [1.807, 2.05) is 0 Å². The van der Waals surface area contributed by atoms with Crippen molar-refractivity contribution in [3.8, 4) is 11.5 Å². The van der Waals surface area contributed by atoms with Crippen molar-refractivity contribution in [1.29, 1.82) is 0 Å². The van der Waals surface area contributed by atoms with Crippen LogP contribution in [0.15, 0.2) is 36.4 Å². The van der Waals surface area contributed by atoms with E-state index in [4.69, 9.17) is 9.47 Å². The number of nitrogens with one attached hydrogen (secondary N) is 1.